The lowest BCUT2D eigenvalue weighted by atomic mass is 9.95. The minimum absolute atomic E-state index is 0.249. The van der Waals surface area contributed by atoms with Crippen LogP contribution in [0.3, 0.4) is 0 Å². The monoisotopic (exact) mass is 324 g/mol. The summed E-state index contributed by atoms with van der Waals surface area (Å²) in [7, 11) is 0. The number of aliphatic hydroxyl groups is 1. The summed E-state index contributed by atoms with van der Waals surface area (Å²) >= 11 is 0. The van der Waals surface area contributed by atoms with Gasteiger partial charge in [0.2, 0.25) is 0 Å². The van der Waals surface area contributed by atoms with Crippen LogP contribution < -0.4 is 0 Å². The molecule has 1 saturated heterocycles. The predicted octanol–water partition coefficient (Wildman–Crippen LogP) is 3.00. The number of hydrogen-bond acceptors (Lipinski definition) is 3. The first-order valence-corrected chi connectivity index (χ1v) is 8.88. The SMILES string of the molecule is Cc1ccc(C(c2ccc(C)cc2)N2CCN(CCO)CC2)cc1. The Balaban J connectivity index is 1.85. The zero-order valence-corrected chi connectivity index (χ0v) is 14.8. The molecule has 0 radical (unpaired) electrons. The Morgan fingerprint density at radius 3 is 1.67 bits per heavy atom. The van der Waals surface area contributed by atoms with Gasteiger partial charge in [0.1, 0.15) is 0 Å². The number of aliphatic hydroxyl groups excluding tert-OH is 1. The maximum absolute atomic E-state index is 9.15. The molecule has 0 unspecified atom stereocenters. The number of β-amino-alcohol motifs (C(OH)–C–C–N with tert-alkyl or cyclic N) is 1. The molecule has 0 amide bonds. The number of aryl methyl sites for hydroxylation is 2. The van der Waals surface area contributed by atoms with Crippen LogP contribution in [-0.2, 0) is 0 Å². The van der Waals surface area contributed by atoms with Gasteiger partial charge in [-0.25, -0.2) is 0 Å². The lowest BCUT2D eigenvalue weighted by Gasteiger charge is -2.39. The summed E-state index contributed by atoms with van der Waals surface area (Å²) in [6.45, 7) is 9.42. The second kappa shape index (κ2) is 7.93. The van der Waals surface area contributed by atoms with Gasteiger partial charge in [0.15, 0.2) is 0 Å². The van der Waals surface area contributed by atoms with E-state index in [1.165, 1.54) is 22.3 Å². The third-order valence-electron chi connectivity index (χ3n) is 4.97. The first-order valence-electron chi connectivity index (χ1n) is 8.88. The lowest BCUT2D eigenvalue weighted by Crippen LogP contribution is -2.48. The van der Waals surface area contributed by atoms with Crippen molar-refractivity contribution in [1.82, 2.24) is 9.80 Å². The summed E-state index contributed by atoms with van der Waals surface area (Å²) in [5, 5.41) is 9.15. The second-order valence-electron chi connectivity index (χ2n) is 6.83. The van der Waals surface area contributed by atoms with Crippen LogP contribution in [0.25, 0.3) is 0 Å². The molecule has 1 heterocycles. The molecule has 2 aromatic rings. The molecule has 24 heavy (non-hydrogen) atoms. The van der Waals surface area contributed by atoms with Gasteiger partial charge in [-0.15, -0.1) is 0 Å². The summed E-state index contributed by atoms with van der Waals surface area (Å²) in [6.07, 6.45) is 0. The quantitative estimate of drug-likeness (QED) is 0.916. The Hall–Kier alpha value is -1.68. The maximum atomic E-state index is 9.15. The number of rotatable bonds is 5. The van der Waals surface area contributed by atoms with Crippen LogP contribution in [0.5, 0.6) is 0 Å². The van der Waals surface area contributed by atoms with Gasteiger partial charge in [-0.3, -0.25) is 9.80 Å². The van der Waals surface area contributed by atoms with E-state index in [1.54, 1.807) is 0 Å². The van der Waals surface area contributed by atoms with Crippen molar-refractivity contribution in [2.24, 2.45) is 0 Å². The van der Waals surface area contributed by atoms with E-state index < -0.39 is 0 Å². The molecule has 0 spiro atoms. The molecule has 1 aliphatic rings. The van der Waals surface area contributed by atoms with Crippen molar-refractivity contribution in [3.8, 4) is 0 Å². The fourth-order valence-corrected chi connectivity index (χ4v) is 3.50. The Morgan fingerprint density at radius 2 is 1.25 bits per heavy atom. The molecular formula is C21H28N2O. The molecule has 3 nitrogen and oxygen atoms in total. The summed E-state index contributed by atoms with van der Waals surface area (Å²) in [4.78, 5) is 4.92. The molecule has 128 valence electrons. The molecular weight excluding hydrogens is 296 g/mol. The highest BCUT2D eigenvalue weighted by Gasteiger charge is 2.26. The highest BCUT2D eigenvalue weighted by atomic mass is 16.3. The van der Waals surface area contributed by atoms with Crippen molar-refractivity contribution in [1.29, 1.82) is 0 Å². The van der Waals surface area contributed by atoms with Gasteiger partial charge in [-0.2, -0.15) is 0 Å². The smallest absolute Gasteiger partial charge is 0.0602 e. The molecule has 0 aliphatic carbocycles. The summed E-state index contributed by atoms with van der Waals surface area (Å²) in [6, 6.07) is 18.2. The Labute approximate surface area is 145 Å². The van der Waals surface area contributed by atoms with E-state index in [4.69, 9.17) is 5.11 Å². The van der Waals surface area contributed by atoms with Crippen molar-refractivity contribution < 1.29 is 5.11 Å². The van der Waals surface area contributed by atoms with Gasteiger partial charge >= 0.3 is 0 Å². The summed E-state index contributed by atoms with van der Waals surface area (Å²) < 4.78 is 0. The van der Waals surface area contributed by atoms with Crippen molar-refractivity contribution in [3.05, 3.63) is 70.8 Å². The van der Waals surface area contributed by atoms with Crippen molar-refractivity contribution >= 4 is 0 Å². The summed E-state index contributed by atoms with van der Waals surface area (Å²) in [5.41, 5.74) is 5.32. The highest BCUT2D eigenvalue weighted by Crippen LogP contribution is 2.30. The number of benzene rings is 2. The third kappa shape index (κ3) is 4.04. The van der Waals surface area contributed by atoms with Gasteiger partial charge in [-0.1, -0.05) is 59.7 Å². The zero-order chi connectivity index (χ0) is 16.9. The standard InChI is InChI=1S/C21H28N2O/c1-17-3-7-19(8-4-17)21(20-9-5-18(2)6-10-20)23-13-11-22(12-14-23)15-16-24/h3-10,21,24H,11-16H2,1-2H3. The fourth-order valence-electron chi connectivity index (χ4n) is 3.50. The molecule has 0 aromatic heterocycles. The van der Waals surface area contributed by atoms with E-state index in [1.807, 2.05) is 0 Å². The third-order valence-corrected chi connectivity index (χ3v) is 4.97. The van der Waals surface area contributed by atoms with Gasteiger partial charge in [0, 0.05) is 32.7 Å². The van der Waals surface area contributed by atoms with E-state index in [0.717, 1.165) is 32.7 Å². The zero-order valence-electron chi connectivity index (χ0n) is 14.8. The van der Waals surface area contributed by atoms with Crippen LogP contribution in [0.4, 0.5) is 0 Å². The van der Waals surface area contributed by atoms with E-state index in [-0.39, 0.29) is 6.61 Å². The normalized spacial score (nSPS) is 16.7. The van der Waals surface area contributed by atoms with Gasteiger partial charge < -0.3 is 5.11 Å². The van der Waals surface area contributed by atoms with Crippen LogP contribution in [0.1, 0.15) is 28.3 Å². The van der Waals surface area contributed by atoms with Crippen LogP contribution in [-0.4, -0.2) is 54.2 Å². The molecule has 3 heteroatoms. The summed E-state index contributed by atoms with van der Waals surface area (Å²) in [5.74, 6) is 0. The van der Waals surface area contributed by atoms with Crippen LogP contribution in [0, 0.1) is 13.8 Å². The molecule has 3 rings (SSSR count). The van der Waals surface area contributed by atoms with Crippen LogP contribution in [0.2, 0.25) is 0 Å². The van der Waals surface area contributed by atoms with Crippen LogP contribution >= 0.6 is 0 Å². The molecule has 1 N–H and O–H groups in total. The molecule has 1 aliphatic heterocycles. The molecule has 0 bridgehead atoms. The van der Waals surface area contributed by atoms with E-state index in [0.29, 0.717) is 6.04 Å². The lowest BCUT2D eigenvalue weighted by molar-refractivity contribution is 0.0944. The van der Waals surface area contributed by atoms with E-state index >= 15 is 0 Å². The average molecular weight is 324 g/mol. The van der Waals surface area contributed by atoms with Gasteiger partial charge in [-0.05, 0) is 25.0 Å². The minimum atomic E-state index is 0.249. The predicted molar refractivity (Wildman–Crippen MR) is 99.3 cm³/mol. The first kappa shape index (κ1) is 17.2. The van der Waals surface area contributed by atoms with Crippen molar-refractivity contribution in [3.63, 3.8) is 0 Å². The highest BCUT2D eigenvalue weighted by molar-refractivity contribution is 5.35. The molecule has 0 atom stereocenters. The fraction of sp³-hybridized carbons (Fsp3) is 0.429. The Kier molecular flexibility index (Phi) is 5.67. The topological polar surface area (TPSA) is 26.7 Å². The van der Waals surface area contributed by atoms with E-state index in [9.17, 15) is 0 Å². The average Bonchev–Trinajstić information content (AvgIpc) is 2.60. The molecule has 2 aromatic carbocycles. The van der Waals surface area contributed by atoms with Gasteiger partial charge in [0.25, 0.3) is 0 Å². The first-order chi connectivity index (χ1) is 11.7. The minimum Gasteiger partial charge on any atom is -0.395 e. The Bertz CT molecular complexity index is 582. The van der Waals surface area contributed by atoms with Crippen molar-refractivity contribution in [2.75, 3.05) is 39.3 Å². The largest absolute Gasteiger partial charge is 0.395 e. The van der Waals surface area contributed by atoms with Gasteiger partial charge in [0.05, 0.1) is 12.6 Å². The number of piperazine rings is 1. The number of hydrogen-bond donors (Lipinski definition) is 1. The molecule has 1 fully saturated rings. The number of nitrogens with zero attached hydrogens (tertiary/aromatic N) is 2. The molecule has 0 saturated carbocycles. The van der Waals surface area contributed by atoms with Crippen LogP contribution in [0.15, 0.2) is 48.5 Å². The van der Waals surface area contributed by atoms with E-state index in [2.05, 4.69) is 72.2 Å². The second-order valence-corrected chi connectivity index (χ2v) is 6.83. The van der Waals surface area contributed by atoms with Crippen molar-refractivity contribution in [2.45, 2.75) is 19.9 Å². The maximum Gasteiger partial charge on any atom is 0.0602 e. The Morgan fingerprint density at radius 1 is 0.792 bits per heavy atom.